The average Bonchev–Trinajstić information content (AvgIpc) is 3.09. The number of hydrogen-bond donors (Lipinski definition) is 3. The van der Waals surface area contributed by atoms with Crippen LogP contribution in [0.4, 0.5) is 10.5 Å². The Kier molecular flexibility index (Phi) is 6.46. The molecule has 0 aromatic heterocycles. The normalized spacial score (nSPS) is 13.3. The van der Waals surface area contributed by atoms with Gasteiger partial charge in [0.05, 0.1) is 4.47 Å². The summed E-state index contributed by atoms with van der Waals surface area (Å²) >= 11 is 6.63. The largest absolute Gasteiger partial charge is 0.506 e. The van der Waals surface area contributed by atoms with Crippen LogP contribution in [0.5, 0.6) is 17.2 Å². The summed E-state index contributed by atoms with van der Waals surface area (Å²) in [5.41, 5.74) is 0.926. The van der Waals surface area contributed by atoms with E-state index in [9.17, 15) is 9.90 Å². The Morgan fingerprint density at radius 2 is 2.00 bits per heavy atom. The maximum absolute atomic E-state index is 12.4. The molecule has 0 saturated heterocycles. The summed E-state index contributed by atoms with van der Waals surface area (Å²) in [6.07, 6.45) is -0.667. The third kappa shape index (κ3) is 4.85. The van der Waals surface area contributed by atoms with Crippen molar-refractivity contribution in [2.75, 3.05) is 18.7 Å². The number of aliphatic hydroxyl groups excluding tert-OH is 1. The molecule has 1 aliphatic rings. The summed E-state index contributed by atoms with van der Waals surface area (Å²) in [7, 11) is 0. The summed E-state index contributed by atoms with van der Waals surface area (Å²) < 4.78 is 17.2. The van der Waals surface area contributed by atoms with Crippen LogP contribution in [0.3, 0.4) is 0 Å². The zero-order valence-electron chi connectivity index (χ0n) is 14.1. The zero-order valence-corrected chi connectivity index (χ0v) is 17.2. The highest BCUT2D eigenvalue weighted by molar-refractivity contribution is 9.11. The topological polar surface area (TPSA) is 97.3 Å². The van der Waals surface area contributed by atoms with E-state index in [-0.39, 0.29) is 19.1 Å². The van der Waals surface area contributed by atoms with Crippen LogP contribution in [0.25, 0.3) is 0 Å². The first-order valence-corrected chi connectivity index (χ1v) is 9.72. The Bertz CT molecular complexity index is 845. The van der Waals surface area contributed by atoms with E-state index in [2.05, 4.69) is 37.2 Å². The van der Waals surface area contributed by atoms with Gasteiger partial charge in [-0.3, -0.25) is 5.32 Å². The molecule has 0 spiro atoms. The first-order chi connectivity index (χ1) is 13.0. The molecule has 1 amide bonds. The fourth-order valence-corrected chi connectivity index (χ4v) is 3.90. The van der Waals surface area contributed by atoms with E-state index < -0.39 is 12.2 Å². The van der Waals surface area contributed by atoms with Crippen LogP contribution in [0, 0.1) is 0 Å². The van der Waals surface area contributed by atoms with E-state index in [1.165, 1.54) is 0 Å². The summed E-state index contributed by atoms with van der Waals surface area (Å²) in [6, 6.07) is 8.37. The number of benzene rings is 2. The predicted octanol–water partition coefficient (Wildman–Crippen LogP) is 4.71. The number of carbonyl (C=O) groups is 1. The van der Waals surface area contributed by atoms with Crippen LogP contribution in [0.15, 0.2) is 39.3 Å². The molecule has 2 aromatic rings. The summed E-state index contributed by atoms with van der Waals surface area (Å²) in [5, 5.41) is 22.1. The number of rotatable bonds is 6. The number of hydrogen-bond acceptors (Lipinski definition) is 6. The minimum Gasteiger partial charge on any atom is -0.506 e. The Balaban J connectivity index is 1.75. The molecule has 0 bridgehead atoms. The Labute approximate surface area is 172 Å². The van der Waals surface area contributed by atoms with Crippen molar-refractivity contribution in [1.29, 1.82) is 0 Å². The molecule has 0 aliphatic carbocycles. The van der Waals surface area contributed by atoms with Gasteiger partial charge in [0.25, 0.3) is 0 Å². The minimum atomic E-state index is -0.736. The van der Waals surface area contributed by atoms with Crippen LogP contribution in [-0.4, -0.2) is 29.7 Å². The molecule has 1 aliphatic heterocycles. The fourth-order valence-electron chi connectivity index (χ4n) is 2.64. The third-order valence-electron chi connectivity index (χ3n) is 3.90. The Morgan fingerprint density at radius 1 is 1.22 bits per heavy atom. The number of aliphatic hydroxyl groups is 1. The van der Waals surface area contributed by atoms with Gasteiger partial charge in [-0.2, -0.15) is 0 Å². The maximum atomic E-state index is 12.4. The third-order valence-corrected chi connectivity index (χ3v) is 4.96. The van der Waals surface area contributed by atoms with Crippen LogP contribution in [0.1, 0.15) is 24.5 Å². The number of aromatic hydroxyl groups is 1. The van der Waals surface area contributed by atoms with E-state index in [1.807, 2.05) is 0 Å². The van der Waals surface area contributed by atoms with Crippen molar-refractivity contribution in [1.82, 2.24) is 0 Å². The smallest absolute Gasteiger partial charge is 0.412 e. The lowest BCUT2D eigenvalue weighted by molar-refractivity contribution is 0.0979. The second kappa shape index (κ2) is 8.81. The molecule has 1 heterocycles. The molecule has 2 aromatic carbocycles. The number of halogens is 2. The predicted molar refractivity (Wildman–Crippen MR) is 105 cm³/mol. The lowest BCUT2D eigenvalue weighted by Gasteiger charge is -2.20. The highest BCUT2D eigenvalue weighted by Crippen LogP contribution is 2.39. The minimum absolute atomic E-state index is 0.0166. The van der Waals surface area contributed by atoms with Crippen LogP contribution in [-0.2, 0) is 4.74 Å². The van der Waals surface area contributed by atoms with Gasteiger partial charge in [0.15, 0.2) is 11.5 Å². The molecule has 0 radical (unpaired) electrons. The number of carbonyl (C=O) groups excluding carboxylic acids is 1. The lowest BCUT2D eigenvalue weighted by atomic mass is 10.0. The van der Waals surface area contributed by atoms with Gasteiger partial charge in [-0.1, -0.05) is 15.9 Å². The van der Waals surface area contributed by atoms with E-state index in [0.29, 0.717) is 40.1 Å². The molecule has 3 N–H and O–H groups in total. The van der Waals surface area contributed by atoms with Crippen LogP contribution < -0.4 is 14.8 Å². The van der Waals surface area contributed by atoms with Gasteiger partial charge >= 0.3 is 6.09 Å². The van der Waals surface area contributed by atoms with Gasteiger partial charge in [-0.05, 0) is 53.0 Å². The molecular weight excluding hydrogens is 486 g/mol. The molecule has 144 valence electrons. The van der Waals surface area contributed by atoms with Gasteiger partial charge in [-0.15, -0.1) is 0 Å². The fraction of sp³-hybridized carbons (Fsp3) is 0.278. The number of fused-ring (bicyclic) bond motifs is 1. The van der Waals surface area contributed by atoms with Gasteiger partial charge < -0.3 is 24.4 Å². The van der Waals surface area contributed by atoms with Gasteiger partial charge in [0, 0.05) is 28.4 Å². The quantitative estimate of drug-likeness (QED) is 0.529. The molecule has 0 unspecified atom stereocenters. The van der Waals surface area contributed by atoms with Crippen molar-refractivity contribution >= 4 is 43.6 Å². The van der Waals surface area contributed by atoms with E-state index in [0.717, 1.165) is 4.47 Å². The van der Waals surface area contributed by atoms with Crippen molar-refractivity contribution in [3.8, 4) is 17.2 Å². The second-order valence-electron chi connectivity index (χ2n) is 5.78. The zero-order chi connectivity index (χ0) is 19.4. The molecular formula is C18H17Br2NO6. The Morgan fingerprint density at radius 3 is 2.78 bits per heavy atom. The van der Waals surface area contributed by atoms with Crippen molar-refractivity contribution < 1.29 is 29.2 Å². The highest BCUT2D eigenvalue weighted by Gasteiger charge is 2.22. The molecule has 9 heteroatoms. The van der Waals surface area contributed by atoms with Crippen LogP contribution >= 0.6 is 31.9 Å². The lowest BCUT2D eigenvalue weighted by Crippen LogP contribution is -2.18. The number of phenolic OH excluding ortho intramolecular Hbond substituents is 1. The standard InChI is InChI=1S/C18H17Br2NO6/c19-10-6-12(17(23)13(20)7-10)14(2-1-5-22)27-18(24)21-11-3-4-15-16(8-11)26-9-25-15/h3-4,6-8,14,22-23H,1-2,5,9H2,(H,21,24)/t14-/m0/s1. The number of ether oxygens (including phenoxy) is 3. The number of amides is 1. The van der Waals surface area contributed by atoms with E-state index in [1.54, 1.807) is 30.3 Å². The molecule has 3 rings (SSSR count). The van der Waals surface area contributed by atoms with Crippen molar-refractivity contribution in [3.05, 3.63) is 44.8 Å². The van der Waals surface area contributed by atoms with Crippen LogP contribution in [0.2, 0.25) is 0 Å². The van der Waals surface area contributed by atoms with Gasteiger partial charge in [0.1, 0.15) is 11.9 Å². The molecule has 7 nitrogen and oxygen atoms in total. The number of nitrogens with one attached hydrogen (secondary N) is 1. The van der Waals surface area contributed by atoms with Gasteiger partial charge in [0.2, 0.25) is 6.79 Å². The van der Waals surface area contributed by atoms with Crippen molar-refractivity contribution in [2.24, 2.45) is 0 Å². The first-order valence-electron chi connectivity index (χ1n) is 8.14. The maximum Gasteiger partial charge on any atom is 0.412 e. The molecule has 27 heavy (non-hydrogen) atoms. The molecule has 0 saturated carbocycles. The van der Waals surface area contributed by atoms with E-state index in [4.69, 9.17) is 19.3 Å². The Hall–Kier alpha value is -1.97. The molecule has 1 atom stereocenters. The molecule has 0 fully saturated rings. The monoisotopic (exact) mass is 501 g/mol. The number of anilines is 1. The van der Waals surface area contributed by atoms with Crippen molar-refractivity contribution in [2.45, 2.75) is 18.9 Å². The summed E-state index contributed by atoms with van der Waals surface area (Å²) in [6.45, 7) is 0.0864. The average molecular weight is 503 g/mol. The number of phenols is 1. The summed E-state index contributed by atoms with van der Waals surface area (Å²) in [5.74, 6) is 1.13. The van der Waals surface area contributed by atoms with Gasteiger partial charge in [-0.25, -0.2) is 4.79 Å². The SMILES string of the molecule is O=C(Nc1ccc2c(c1)OCO2)O[C@@H](CCCO)c1cc(Br)cc(Br)c1O. The second-order valence-corrected chi connectivity index (χ2v) is 7.55. The van der Waals surface area contributed by atoms with E-state index >= 15 is 0 Å². The highest BCUT2D eigenvalue weighted by atomic mass is 79.9. The van der Waals surface area contributed by atoms with Crippen molar-refractivity contribution in [3.63, 3.8) is 0 Å². The first kappa shape index (κ1) is 19.8. The summed E-state index contributed by atoms with van der Waals surface area (Å²) in [4.78, 5) is 12.4.